The lowest BCUT2D eigenvalue weighted by Gasteiger charge is -2.37. The minimum atomic E-state index is -0.348. The monoisotopic (exact) mass is 274 g/mol. The van der Waals surface area contributed by atoms with E-state index < -0.39 is 0 Å². The van der Waals surface area contributed by atoms with Crippen LogP contribution in [0.25, 0.3) is 0 Å². The molecule has 0 atom stereocenters. The van der Waals surface area contributed by atoms with E-state index in [2.05, 4.69) is 81.6 Å². The second kappa shape index (κ2) is 6.41. The van der Waals surface area contributed by atoms with Gasteiger partial charge in [0.1, 0.15) is 0 Å². The summed E-state index contributed by atoms with van der Waals surface area (Å²) >= 11 is 0. The molecule has 0 saturated carbocycles. The third kappa shape index (κ3) is 2.50. The van der Waals surface area contributed by atoms with E-state index in [1.165, 1.54) is 16.7 Å². The van der Waals surface area contributed by atoms with Crippen molar-refractivity contribution >= 4 is 0 Å². The van der Waals surface area contributed by atoms with Crippen LogP contribution in [0.1, 0.15) is 25.0 Å². The molecule has 0 fully saturated rings. The smallest absolute Gasteiger partial charge is 0.0652 e. The van der Waals surface area contributed by atoms with E-state index in [-0.39, 0.29) is 5.41 Å². The molecular weight excluding hydrogens is 252 g/mol. The second-order valence-corrected chi connectivity index (χ2v) is 5.18. The third-order valence-corrected chi connectivity index (χ3v) is 4.17. The predicted octanol–water partition coefficient (Wildman–Crippen LogP) is 5.68. The molecule has 0 aliphatic heterocycles. The first-order chi connectivity index (χ1) is 10.2. The zero-order valence-corrected chi connectivity index (χ0v) is 12.8. The van der Waals surface area contributed by atoms with Gasteiger partial charge in [-0.15, -0.1) is 0 Å². The summed E-state index contributed by atoms with van der Waals surface area (Å²) in [5.41, 5.74) is 4.34. The van der Waals surface area contributed by atoms with Crippen LogP contribution in [0.4, 0.5) is 0 Å². The van der Waals surface area contributed by atoms with Crippen molar-refractivity contribution in [1.29, 1.82) is 0 Å². The van der Waals surface area contributed by atoms with Gasteiger partial charge in [-0.25, -0.2) is 0 Å². The van der Waals surface area contributed by atoms with Crippen molar-refractivity contribution in [3.63, 3.8) is 0 Å². The Morgan fingerprint density at radius 1 is 0.905 bits per heavy atom. The molecule has 0 radical (unpaired) electrons. The van der Waals surface area contributed by atoms with Gasteiger partial charge in [-0.1, -0.05) is 91.5 Å². The van der Waals surface area contributed by atoms with E-state index in [1.807, 2.05) is 18.2 Å². The molecule has 2 aromatic carbocycles. The quantitative estimate of drug-likeness (QED) is 0.486. The number of allylic oxidation sites excluding steroid dienone is 4. The molecule has 106 valence electrons. The maximum Gasteiger partial charge on any atom is 0.0652 e. The van der Waals surface area contributed by atoms with Gasteiger partial charge in [0.25, 0.3) is 0 Å². The molecule has 0 spiro atoms. The third-order valence-electron chi connectivity index (χ3n) is 4.17. The maximum absolute atomic E-state index is 4.31. The number of rotatable bonds is 5. The summed E-state index contributed by atoms with van der Waals surface area (Å²) in [4.78, 5) is 0. The number of hydrogen-bond donors (Lipinski definition) is 0. The Morgan fingerprint density at radius 3 is 1.67 bits per heavy atom. The molecule has 0 heterocycles. The fourth-order valence-corrected chi connectivity index (χ4v) is 2.99. The van der Waals surface area contributed by atoms with E-state index in [0.29, 0.717) is 0 Å². The fourth-order valence-electron chi connectivity index (χ4n) is 2.99. The number of benzene rings is 2. The first kappa shape index (κ1) is 15.1. The Labute approximate surface area is 128 Å². The first-order valence-corrected chi connectivity index (χ1v) is 7.24. The topological polar surface area (TPSA) is 0 Å². The lowest BCUT2D eigenvalue weighted by molar-refractivity contribution is 0.724. The predicted molar refractivity (Wildman–Crippen MR) is 92.4 cm³/mol. The molecule has 0 aliphatic rings. The maximum atomic E-state index is 4.31. The van der Waals surface area contributed by atoms with E-state index in [0.717, 1.165) is 5.57 Å². The van der Waals surface area contributed by atoms with Crippen molar-refractivity contribution in [2.75, 3.05) is 0 Å². The summed E-state index contributed by atoms with van der Waals surface area (Å²) in [6.07, 6.45) is 4.03. The summed E-state index contributed by atoms with van der Waals surface area (Å²) in [5, 5.41) is 0. The van der Waals surface area contributed by atoms with E-state index in [4.69, 9.17) is 0 Å². The van der Waals surface area contributed by atoms with Gasteiger partial charge in [0.05, 0.1) is 5.41 Å². The molecule has 0 N–H and O–H groups in total. The molecule has 2 rings (SSSR count). The molecule has 21 heavy (non-hydrogen) atoms. The van der Waals surface area contributed by atoms with Crippen LogP contribution in [-0.2, 0) is 5.41 Å². The zero-order chi connectivity index (χ0) is 15.3. The summed E-state index contributed by atoms with van der Waals surface area (Å²) in [6, 6.07) is 21.0. The van der Waals surface area contributed by atoms with Gasteiger partial charge in [0.15, 0.2) is 0 Å². The van der Waals surface area contributed by atoms with Crippen molar-refractivity contribution in [3.8, 4) is 0 Å². The molecule has 0 amide bonds. The second-order valence-electron chi connectivity index (χ2n) is 5.18. The van der Waals surface area contributed by atoms with E-state index in [1.54, 1.807) is 0 Å². The molecule has 2 aromatic rings. The van der Waals surface area contributed by atoms with Crippen LogP contribution in [0, 0.1) is 0 Å². The van der Waals surface area contributed by atoms with Gasteiger partial charge >= 0.3 is 0 Å². The van der Waals surface area contributed by atoms with Crippen molar-refractivity contribution in [1.82, 2.24) is 0 Å². The minimum Gasteiger partial charge on any atom is -0.0988 e. The SMILES string of the molecule is C=CC(=C)C(C(C)=CC)(c1ccccc1)c1ccccc1. The highest BCUT2D eigenvalue weighted by atomic mass is 14.4. The molecule has 0 bridgehead atoms. The highest BCUT2D eigenvalue weighted by molar-refractivity contribution is 5.58. The van der Waals surface area contributed by atoms with Gasteiger partial charge in [0.2, 0.25) is 0 Å². The normalized spacial score (nSPS) is 12.0. The number of hydrogen-bond acceptors (Lipinski definition) is 0. The van der Waals surface area contributed by atoms with Crippen LogP contribution in [0.15, 0.2) is 97.1 Å². The first-order valence-electron chi connectivity index (χ1n) is 7.24. The van der Waals surface area contributed by atoms with Gasteiger partial charge < -0.3 is 0 Å². The molecule has 0 aromatic heterocycles. The van der Waals surface area contributed by atoms with Gasteiger partial charge in [-0.2, -0.15) is 0 Å². The van der Waals surface area contributed by atoms with Crippen molar-refractivity contribution in [2.45, 2.75) is 19.3 Å². The lowest BCUT2D eigenvalue weighted by atomic mass is 9.65. The summed E-state index contributed by atoms with van der Waals surface area (Å²) in [5.74, 6) is 0. The lowest BCUT2D eigenvalue weighted by Crippen LogP contribution is -2.30. The zero-order valence-electron chi connectivity index (χ0n) is 12.8. The van der Waals surface area contributed by atoms with Crippen molar-refractivity contribution in [2.24, 2.45) is 0 Å². The van der Waals surface area contributed by atoms with Crippen molar-refractivity contribution in [3.05, 3.63) is 108 Å². The Kier molecular flexibility index (Phi) is 4.59. The van der Waals surface area contributed by atoms with Crippen LogP contribution in [0.3, 0.4) is 0 Å². The molecule has 0 aliphatic carbocycles. The summed E-state index contributed by atoms with van der Waals surface area (Å²) < 4.78 is 0. The van der Waals surface area contributed by atoms with Gasteiger partial charge in [-0.05, 0) is 30.5 Å². The largest absolute Gasteiger partial charge is 0.0988 e. The van der Waals surface area contributed by atoms with Crippen LogP contribution >= 0.6 is 0 Å². The Hall–Kier alpha value is -2.34. The molecular formula is C21H22. The van der Waals surface area contributed by atoms with E-state index >= 15 is 0 Å². The van der Waals surface area contributed by atoms with Crippen molar-refractivity contribution < 1.29 is 0 Å². The van der Waals surface area contributed by atoms with Crippen LogP contribution in [-0.4, -0.2) is 0 Å². The van der Waals surface area contributed by atoms with E-state index in [9.17, 15) is 0 Å². The highest BCUT2D eigenvalue weighted by Crippen LogP contribution is 2.44. The average molecular weight is 274 g/mol. The molecule has 0 heteroatoms. The standard InChI is InChI=1S/C21H22/c1-5-17(3)21(18(4)6-2,19-13-9-7-10-14-19)20-15-11-8-12-16-20/h5-16H,1,3H2,2,4H3. The molecule has 0 nitrogen and oxygen atoms in total. The van der Waals surface area contributed by atoms with Gasteiger partial charge in [0, 0.05) is 0 Å². The Bertz CT molecular complexity index is 601. The summed E-state index contributed by atoms with van der Waals surface area (Å²) in [6.45, 7) is 12.5. The fraction of sp³-hybridized carbons (Fsp3) is 0.143. The Balaban J connectivity index is 2.85. The van der Waals surface area contributed by atoms with Crippen LogP contribution in [0.5, 0.6) is 0 Å². The van der Waals surface area contributed by atoms with Crippen LogP contribution < -0.4 is 0 Å². The molecule has 0 unspecified atom stereocenters. The summed E-state index contributed by atoms with van der Waals surface area (Å²) in [7, 11) is 0. The Morgan fingerprint density at radius 2 is 1.33 bits per heavy atom. The highest BCUT2D eigenvalue weighted by Gasteiger charge is 2.37. The molecule has 0 saturated heterocycles. The average Bonchev–Trinajstić information content (AvgIpc) is 2.57. The minimum absolute atomic E-state index is 0.348. The van der Waals surface area contributed by atoms with Gasteiger partial charge in [-0.3, -0.25) is 0 Å². The van der Waals surface area contributed by atoms with Crippen LogP contribution in [0.2, 0.25) is 0 Å².